The lowest BCUT2D eigenvalue weighted by Crippen LogP contribution is -2.22. The van der Waals surface area contributed by atoms with Crippen LogP contribution in [0.15, 0.2) is 18.2 Å². The van der Waals surface area contributed by atoms with Crippen LogP contribution in [0.25, 0.3) is 0 Å². The first-order valence-electron chi connectivity index (χ1n) is 5.64. The zero-order valence-corrected chi connectivity index (χ0v) is 9.98. The molecule has 1 aromatic carbocycles. The number of carboxylic acid groups (broad SMARTS) is 1. The Labute approximate surface area is 99.9 Å². The lowest BCUT2D eigenvalue weighted by Gasteiger charge is -2.19. The third kappa shape index (κ3) is 3.27. The fourth-order valence-corrected chi connectivity index (χ4v) is 1.83. The number of hydrogen-bond donors (Lipinski definition) is 2. The molecule has 0 saturated carbocycles. The van der Waals surface area contributed by atoms with Gasteiger partial charge in [0.25, 0.3) is 0 Å². The summed E-state index contributed by atoms with van der Waals surface area (Å²) in [5, 5.41) is 19.0. The summed E-state index contributed by atoms with van der Waals surface area (Å²) in [6.45, 7) is 3.60. The topological polar surface area (TPSA) is 57.5 Å². The molecule has 4 heteroatoms. The van der Waals surface area contributed by atoms with E-state index in [0.717, 1.165) is 5.56 Å². The molecule has 0 aliphatic carbocycles. The fourth-order valence-electron chi connectivity index (χ4n) is 1.83. The number of carbonyl (C=O) groups is 1. The molecule has 0 amide bonds. The van der Waals surface area contributed by atoms with Gasteiger partial charge >= 0.3 is 5.97 Å². The molecule has 0 spiro atoms. The van der Waals surface area contributed by atoms with E-state index in [0.29, 0.717) is 12.8 Å². The van der Waals surface area contributed by atoms with E-state index in [1.165, 1.54) is 12.1 Å². The molecule has 2 unspecified atom stereocenters. The molecule has 0 radical (unpaired) electrons. The number of aryl methyl sites for hydroxylation is 1. The van der Waals surface area contributed by atoms with Crippen molar-refractivity contribution in [2.75, 3.05) is 0 Å². The number of aliphatic hydroxyl groups is 1. The van der Waals surface area contributed by atoms with Crippen molar-refractivity contribution in [3.05, 3.63) is 35.1 Å². The number of carboxylic acids is 1. The predicted octanol–water partition coefficient (Wildman–Crippen LogP) is 2.67. The van der Waals surface area contributed by atoms with E-state index in [1.54, 1.807) is 13.0 Å². The van der Waals surface area contributed by atoms with Gasteiger partial charge in [-0.15, -0.1) is 0 Å². The summed E-state index contributed by atoms with van der Waals surface area (Å²) in [6.07, 6.45) is -0.349. The van der Waals surface area contributed by atoms with E-state index in [9.17, 15) is 14.3 Å². The molecule has 1 aromatic rings. The van der Waals surface area contributed by atoms with Crippen LogP contribution in [0, 0.1) is 18.7 Å². The van der Waals surface area contributed by atoms with E-state index >= 15 is 0 Å². The minimum absolute atomic E-state index is 0.0610. The summed E-state index contributed by atoms with van der Waals surface area (Å²) in [5.41, 5.74) is 0.854. The van der Waals surface area contributed by atoms with Crippen molar-refractivity contribution in [1.29, 1.82) is 0 Å². The summed E-state index contributed by atoms with van der Waals surface area (Å²) in [7, 11) is 0. The Bertz CT molecular complexity index is 404. The first kappa shape index (κ1) is 13.6. The van der Waals surface area contributed by atoms with Crippen LogP contribution in [0.1, 0.15) is 37.0 Å². The second-order valence-corrected chi connectivity index (χ2v) is 4.20. The molecule has 0 aliphatic heterocycles. The Morgan fingerprint density at radius 1 is 1.47 bits per heavy atom. The van der Waals surface area contributed by atoms with Crippen LogP contribution in [0.4, 0.5) is 4.39 Å². The molecule has 0 aromatic heterocycles. The van der Waals surface area contributed by atoms with Gasteiger partial charge in [0.1, 0.15) is 5.82 Å². The van der Waals surface area contributed by atoms with Gasteiger partial charge in [-0.3, -0.25) is 4.79 Å². The SMILES string of the molecule is CCCC(C(=O)O)C(O)c1cc(C)ccc1F. The second kappa shape index (κ2) is 5.77. The predicted molar refractivity (Wildman–Crippen MR) is 62.1 cm³/mol. The number of hydrogen-bond acceptors (Lipinski definition) is 2. The summed E-state index contributed by atoms with van der Waals surface area (Å²) < 4.78 is 13.5. The first-order valence-corrected chi connectivity index (χ1v) is 5.64. The fraction of sp³-hybridized carbons (Fsp3) is 0.462. The molecule has 0 aliphatic rings. The van der Waals surface area contributed by atoms with Crippen molar-refractivity contribution in [3.8, 4) is 0 Å². The van der Waals surface area contributed by atoms with Gasteiger partial charge in [0.2, 0.25) is 0 Å². The van der Waals surface area contributed by atoms with E-state index in [2.05, 4.69) is 0 Å². The number of halogens is 1. The number of benzene rings is 1. The lowest BCUT2D eigenvalue weighted by atomic mass is 9.91. The highest BCUT2D eigenvalue weighted by Crippen LogP contribution is 2.28. The quantitative estimate of drug-likeness (QED) is 0.831. The van der Waals surface area contributed by atoms with E-state index < -0.39 is 23.8 Å². The smallest absolute Gasteiger partial charge is 0.309 e. The summed E-state index contributed by atoms with van der Waals surface area (Å²) in [5.74, 6) is -2.62. The van der Waals surface area contributed by atoms with Crippen LogP contribution < -0.4 is 0 Å². The Hall–Kier alpha value is -1.42. The van der Waals surface area contributed by atoms with Crippen molar-refractivity contribution >= 4 is 5.97 Å². The minimum Gasteiger partial charge on any atom is -0.481 e. The molecule has 2 atom stereocenters. The molecule has 0 heterocycles. The van der Waals surface area contributed by atoms with Gasteiger partial charge in [-0.25, -0.2) is 4.39 Å². The van der Waals surface area contributed by atoms with Crippen molar-refractivity contribution in [2.24, 2.45) is 5.92 Å². The van der Waals surface area contributed by atoms with E-state index in [1.807, 2.05) is 6.92 Å². The largest absolute Gasteiger partial charge is 0.481 e. The lowest BCUT2D eigenvalue weighted by molar-refractivity contribution is -0.146. The van der Waals surface area contributed by atoms with Crippen molar-refractivity contribution in [3.63, 3.8) is 0 Å². The molecule has 0 bridgehead atoms. The molecule has 2 N–H and O–H groups in total. The number of aliphatic carboxylic acids is 1. The van der Waals surface area contributed by atoms with Crippen LogP contribution >= 0.6 is 0 Å². The average molecular weight is 240 g/mol. The van der Waals surface area contributed by atoms with Gasteiger partial charge in [0.15, 0.2) is 0 Å². The van der Waals surface area contributed by atoms with Crippen LogP contribution in [0.3, 0.4) is 0 Å². The van der Waals surface area contributed by atoms with Gasteiger partial charge in [0, 0.05) is 5.56 Å². The number of aliphatic hydroxyl groups excluding tert-OH is 1. The highest BCUT2D eigenvalue weighted by molar-refractivity contribution is 5.71. The molecule has 0 fully saturated rings. The Kier molecular flexibility index (Phi) is 4.63. The molecular weight excluding hydrogens is 223 g/mol. The van der Waals surface area contributed by atoms with Gasteiger partial charge in [-0.1, -0.05) is 31.0 Å². The summed E-state index contributed by atoms with van der Waals surface area (Å²) in [4.78, 5) is 11.0. The van der Waals surface area contributed by atoms with Crippen LogP contribution in [0.2, 0.25) is 0 Å². The molecule has 0 saturated heterocycles. The molecule has 1 rings (SSSR count). The van der Waals surface area contributed by atoms with Crippen LogP contribution in [-0.4, -0.2) is 16.2 Å². The monoisotopic (exact) mass is 240 g/mol. The molecule has 17 heavy (non-hydrogen) atoms. The average Bonchev–Trinajstić information content (AvgIpc) is 2.28. The van der Waals surface area contributed by atoms with Crippen molar-refractivity contribution < 1.29 is 19.4 Å². The first-order chi connectivity index (χ1) is 7.97. The highest BCUT2D eigenvalue weighted by atomic mass is 19.1. The van der Waals surface area contributed by atoms with Gasteiger partial charge in [-0.05, 0) is 19.4 Å². The minimum atomic E-state index is -1.30. The standard InChI is InChI=1S/C13H17FO3/c1-3-4-9(13(16)17)12(15)10-7-8(2)5-6-11(10)14/h5-7,9,12,15H,3-4H2,1-2H3,(H,16,17). The van der Waals surface area contributed by atoms with Crippen molar-refractivity contribution in [2.45, 2.75) is 32.8 Å². The third-order valence-electron chi connectivity index (χ3n) is 2.77. The summed E-state index contributed by atoms with van der Waals surface area (Å²) >= 11 is 0. The molecule has 94 valence electrons. The Morgan fingerprint density at radius 2 is 2.12 bits per heavy atom. The van der Waals surface area contributed by atoms with E-state index in [4.69, 9.17) is 5.11 Å². The van der Waals surface area contributed by atoms with Gasteiger partial charge < -0.3 is 10.2 Å². The van der Waals surface area contributed by atoms with Gasteiger partial charge in [-0.2, -0.15) is 0 Å². The highest BCUT2D eigenvalue weighted by Gasteiger charge is 2.28. The number of rotatable bonds is 5. The molecular formula is C13H17FO3. The zero-order chi connectivity index (χ0) is 13.0. The Morgan fingerprint density at radius 3 is 2.65 bits per heavy atom. The van der Waals surface area contributed by atoms with Crippen LogP contribution in [0.5, 0.6) is 0 Å². The summed E-state index contributed by atoms with van der Waals surface area (Å²) in [6, 6.07) is 4.32. The Balaban J connectivity index is 3.04. The third-order valence-corrected chi connectivity index (χ3v) is 2.77. The van der Waals surface area contributed by atoms with Crippen LogP contribution in [-0.2, 0) is 4.79 Å². The second-order valence-electron chi connectivity index (χ2n) is 4.20. The normalized spacial score (nSPS) is 14.4. The van der Waals surface area contributed by atoms with E-state index in [-0.39, 0.29) is 5.56 Å². The maximum Gasteiger partial charge on any atom is 0.309 e. The van der Waals surface area contributed by atoms with Gasteiger partial charge in [0.05, 0.1) is 12.0 Å². The maximum absolute atomic E-state index is 13.5. The zero-order valence-electron chi connectivity index (χ0n) is 9.98. The molecule has 3 nitrogen and oxygen atoms in total. The maximum atomic E-state index is 13.5. The van der Waals surface area contributed by atoms with Crippen molar-refractivity contribution in [1.82, 2.24) is 0 Å².